The average molecular weight is 315 g/mol. The van der Waals surface area contributed by atoms with E-state index in [4.69, 9.17) is 0 Å². The van der Waals surface area contributed by atoms with Crippen molar-refractivity contribution in [2.75, 3.05) is 26.2 Å². The quantitative estimate of drug-likeness (QED) is 0.917. The number of rotatable bonds is 4. The second-order valence-corrected chi connectivity index (χ2v) is 5.67. The van der Waals surface area contributed by atoms with E-state index < -0.39 is 0 Å². The van der Waals surface area contributed by atoms with Crippen LogP contribution in [0.2, 0.25) is 0 Å². The first kappa shape index (κ1) is 14.0. The highest BCUT2D eigenvalue weighted by molar-refractivity contribution is 9.10. The Bertz CT molecular complexity index is 391. The Morgan fingerprint density at radius 2 is 2.11 bits per heavy atom. The molecule has 0 aromatic heterocycles. The molecule has 0 unspecified atom stereocenters. The first-order valence-electron chi connectivity index (χ1n) is 6.62. The molecule has 2 rings (SSSR count). The van der Waals surface area contributed by atoms with Gasteiger partial charge in [-0.1, -0.05) is 29.3 Å². The molecule has 4 heteroatoms. The van der Waals surface area contributed by atoms with E-state index in [0.29, 0.717) is 0 Å². The maximum absolute atomic E-state index is 14.0. The summed E-state index contributed by atoms with van der Waals surface area (Å²) in [6.45, 7) is 6.14. The van der Waals surface area contributed by atoms with Crippen LogP contribution in [-0.2, 0) is 0 Å². The number of hydrogen-bond acceptors (Lipinski definition) is 2. The molecule has 1 saturated heterocycles. The molecule has 0 bridgehead atoms. The van der Waals surface area contributed by atoms with E-state index >= 15 is 0 Å². The highest BCUT2D eigenvalue weighted by Crippen LogP contribution is 2.30. The van der Waals surface area contributed by atoms with Gasteiger partial charge in [0, 0.05) is 42.3 Å². The molecular formula is C14H20BrFN2. The van der Waals surface area contributed by atoms with Crippen LogP contribution in [0.1, 0.15) is 31.4 Å². The molecule has 1 heterocycles. The van der Waals surface area contributed by atoms with E-state index in [1.807, 2.05) is 6.07 Å². The first-order chi connectivity index (χ1) is 8.72. The summed E-state index contributed by atoms with van der Waals surface area (Å²) in [6, 6.07) is 5.45. The third-order valence-electron chi connectivity index (χ3n) is 3.47. The number of nitrogens with one attached hydrogen (secondary N) is 1. The Balaban J connectivity index is 2.24. The van der Waals surface area contributed by atoms with Crippen molar-refractivity contribution >= 4 is 15.9 Å². The number of benzene rings is 1. The molecule has 1 aromatic carbocycles. The zero-order chi connectivity index (χ0) is 13.0. The van der Waals surface area contributed by atoms with E-state index in [2.05, 4.69) is 33.1 Å². The van der Waals surface area contributed by atoms with Crippen LogP contribution in [-0.4, -0.2) is 31.1 Å². The standard InChI is InChI=1S/C14H20BrFN2/c1-2-3-14(18-8-6-17-7-9-18)12-10-11(15)4-5-13(12)16/h4-5,10,14,17H,2-3,6-9H2,1H3/t14-/m0/s1. The van der Waals surface area contributed by atoms with Gasteiger partial charge in [0.1, 0.15) is 5.82 Å². The van der Waals surface area contributed by atoms with Gasteiger partial charge < -0.3 is 5.32 Å². The van der Waals surface area contributed by atoms with E-state index in [0.717, 1.165) is 49.1 Å². The summed E-state index contributed by atoms with van der Waals surface area (Å²) in [5, 5.41) is 3.34. The fourth-order valence-corrected chi connectivity index (χ4v) is 2.95. The van der Waals surface area contributed by atoms with Gasteiger partial charge in [0.2, 0.25) is 0 Å². The van der Waals surface area contributed by atoms with Crippen LogP contribution >= 0.6 is 15.9 Å². The monoisotopic (exact) mass is 314 g/mol. The van der Waals surface area contributed by atoms with Crippen LogP contribution in [0.25, 0.3) is 0 Å². The molecule has 0 radical (unpaired) electrons. The lowest BCUT2D eigenvalue weighted by atomic mass is 9.99. The largest absolute Gasteiger partial charge is 0.314 e. The van der Waals surface area contributed by atoms with E-state index in [9.17, 15) is 4.39 Å². The predicted octanol–water partition coefficient (Wildman–Crippen LogP) is 3.33. The predicted molar refractivity (Wildman–Crippen MR) is 76.2 cm³/mol. The highest BCUT2D eigenvalue weighted by Gasteiger charge is 2.23. The molecule has 0 aliphatic carbocycles. The number of nitrogens with zero attached hydrogens (tertiary/aromatic N) is 1. The third kappa shape index (κ3) is 3.31. The van der Waals surface area contributed by atoms with Crippen LogP contribution in [0, 0.1) is 5.82 Å². The van der Waals surface area contributed by atoms with Crippen molar-refractivity contribution in [1.82, 2.24) is 10.2 Å². The molecule has 1 N–H and O–H groups in total. The topological polar surface area (TPSA) is 15.3 Å². The third-order valence-corrected chi connectivity index (χ3v) is 3.96. The summed E-state index contributed by atoms with van der Waals surface area (Å²) in [7, 11) is 0. The molecule has 0 amide bonds. The molecule has 1 fully saturated rings. The Morgan fingerprint density at radius 3 is 2.78 bits per heavy atom. The Morgan fingerprint density at radius 1 is 1.39 bits per heavy atom. The SMILES string of the molecule is CCC[C@@H](c1cc(Br)ccc1F)N1CCNCC1. The fraction of sp³-hybridized carbons (Fsp3) is 0.571. The van der Waals surface area contributed by atoms with Gasteiger partial charge in [-0.15, -0.1) is 0 Å². The normalized spacial score (nSPS) is 18.8. The number of hydrogen-bond donors (Lipinski definition) is 1. The summed E-state index contributed by atoms with van der Waals surface area (Å²) in [5.41, 5.74) is 0.827. The van der Waals surface area contributed by atoms with Crippen LogP contribution in [0.15, 0.2) is 22.7 Å². The van der Waals surface area contributed by atoms with Crippen molar-refractivity contribution in [3.63, 3.8) is 0 Å². The van der Waals surface area contributed by atoms with Crippen LogP contribution in [0.3, 0.4) is 0 Å². The summed E-state index contributed by atoms with van der Waals surface area (Å²) in [5.74, 6) is -0.0878. The maximum Gasteiger partial charge on any atom is 0.128 e. The van der Waals surface area contributed by atoms with Crippen molar-refractivity contribution in [1.29, 1.82) is 0 Å². The van der Waals surface area contributed by atoms with Crippen molar-refractivity contribution in [2.24, 2.45) is 0 Å². The molecule has 100 valence electrons. The van der Waals surface area contributed by atoms with Crippen molar-refractivity contribution in [3.8, 4) is 0 Å². The molecule has 1 aliphatic rings. The average Bonchev–Trinajstić information content (AvgIpc) is 2.40. The van der Waals surface area contributed by atoms with Gasteiger partial charge in [0.05, 0.1) is 0 Å². The minimum Gasteiger partial charge on any atom is -0.314 e. The second kappa shape index (κ2) is 6.64. The Kier molecular flexibility index (Phi) is 5.15. The van der Waals surface area contributed by atoms with Crippen LogP contribution < -0.4 is 5.32 Å². The van der Waals surface area contributed by atoms with Crippen molar-refractivity contribution in [2.45, 2.75) is 25.8 Å². The molecule has 0 saturated carbocycles. The van der Waals surface area contributed by atoms with E-state index in [1.165, 1.54) is 0 Å². The maximum atomic E-state index is 14.0. The van der Waals surface area contributed by atoms with Gasteiger partial charge in [-0.25, -0.2) is 4.39 Å². The minimum atomic E-state index is -0.0878. The summed E-state index contributed by atoms with van der Waals surface area (Å²) in [6.07, 6.45) is 2.08. The van der Waals surface area contributed by atoms with Crippen LogP contribution in [0.5, 0.6) is 0 Å². The van der Waals surface area contributed by atoms with Gasteiger partial charge in [0.15, 0.2) is 0 Å². The zero-order valence-corrected chi connectivity index (χ0v) is 12.3. The molecule has 18 heavy (non-hydrogen) atoms. The Labute approximate surface area is 117 Å². The number of halogens is 2. The fourth-order valence-electron chi connectivity index (χ4n) is 2.57. The molecule has 0 spiro atoms. The smallest absolute Gasteiger partial charge is 0.128 e. The summed E-state index contributed by atoms with van der Waals surface area (Å²) < 4.78 is 15.0. The lowest BCUT2D eigenvalue weighted by molar-refractivity contribution is 0.161. The van der Waals surface area contributed by atoms with Gasteiger partial charge in [0.25, 0.3) is 0 Å². The molecule has 2 nitrogen and oxygen atoms in total. The second-order valence-electron chi connectivity index (χ2n) is 4.76. The lowest BCUT2D eigenvalue weighted by Crippen LogP contribution is -2.45. The van der Waals surface area contributed by atoms with E-state index in [1.54, 1.807) is 12.1 Å². The summed E-state index contributed by atoms with van der Waals surface area (Å²) >= 11 is 3.44. The molecular weight excluding hydrogens is 295 g/mol. The first-order valence-corrected chi connectivity index (χ1v) is 7.41. The zero-order valence-electron chi connectivity index (χ0n) is 10.8. The minimum absolute atomic E-state index is 0.0878. The highest BCUT2D eigenvalue weighted by atomic mass is 79.9. The number of piperazine rings is 1. The molecule has 1 aliphatic heterocycles. The van der Waals surface area contributed by atoms with Gasteiger partial charge >= 0.3 is 0 Å². The molecule has 1 atom stereocenters. The summed E-state index contributed by atoms with van der Waals surface area (Å²) in [4.78, 5) is 2.39. The van der Waals surface area contributed by atoms with Crippen molar-refractivity contribution in [3.05, 3.63) is 34.1 Å². The van der Waals surface area contributed by atoms with Gasteiger partial charge in [-0.2, -0.15) is 0 Å². The van der Waals surface area contributed by atoms with Crippen LogP contribution in [0.4, 0.5) is 4.39 Å². The Hall–Kier alpha value is -0.450. The lowest BCUT2D eigenvalue weighted by Gasteiger charge is -2.35. The van der Waals surface area contributed by atoms with Gasteiger partial charge in [-0.3, -0.25) is 4.90 Å². The van der Waals surface area contributed by atoms with Gasteiger partial charge in [-0.05, 0) is 24.6 Å². The van der Waals surface area contributed by atoms with E-state index in [-0.39, 0.29) is 11.9 Å². The van der Waals surface area contributed by atoms with Crippen molar-refractivity contribution < 1.29 is 4.39 Å². The molecule has 1 aromatic rings.